The molecule has 1 fully saturated rings. The number of rotatable bonds is 3. The summed E-state index contributed by atoms with van der Waals surface area (Å²) in [5.41, 5.74) is 0.170. The van der Waals surface area contributed by atoms with Gasteiger partial charge < -0.3 is 5.32 Å². The molecule has 1 aliphatic carbocycles. The van der Waals surface area contributed by atoms with Gasteiger partial charge in [0.25, 0.3) is 0 Å². The van der Waals surface area contributed by atoms with Gasteiger partial charge in [0.15, 0.2) is 0 Å². The Kier molecular flexibility index (Phi) is 4.09. The third-order valence-corrected chi connectivity index (χ3v) is 4.25. The minimum Gasteiger partial charge on any atom is -0.367 e. The van der Waals surface area contributed by atoms with Crippen LogP contribution in [0.3, 0.4) is 0 Å². The Morgan fingerprint density at radius 1 is 1.37 bits per heavy atom. The van der Waals surface area contributed by atoms with Crippen LogP contribution in [0.1, 0.15) is 39.5 Å². The zero-order valence-electron chi connectivity index (χ0n) is 11.6. The van der Waals surface area contributed by atoms with E-state index in [0.29, 0.717) is 17.5 Å². The average molecular weight is 260 g/mol. The van der Waals surface area contributed by atoms with Crippen LogP contribution in [-0.4, -0.2) is 5.54 Å². The van der Waals surface area contributed by atoms with Gasteiger partial charge in [0.05, 0.1) is 6.07 Å². The van der Waals surface area contributed by atoms with Gasteiger partial charge in [-0.1, -0.05) is 19.9 Å². The molecule has 3 heteroatoms. The zero-order chi connectivity index (χ0) is 13.9. The molecule has 1 aliphatic rings. The highest BCUT2D eigenvalue weighted by atomic mass is 19.1. The Balaban J connectivity index is 2.07. The molecule has 2 nitrogen and oxygen atoms in total. The molecule has 0 bridgehead atoms. The minimum atomic E-state index is -0.529. The van der Waals surface area contributed by atoms with Gasteiger partial charge in [-0.2, -0.15) is 5.26 Å². The van der Waals surface area contributed by atoms with Crippen LogP contribution in [0.15, 0.2) is 24.3 Å². The van der Waals surface area contributed by atoms with Crippen molar-refractivity contribution < 1.29 is 4.39 Å². The summed E-state index contributed by atoms with van der Waals surface area (Å²) in [5.74, 6) is 1.11. The Hall–Kier alpha value is -1.56. The predicted octanol–water partition coefficient (Wildman–Crippen LogP) is 4.35. The highest BCUT2D eigenvalue weighted by molar-refractivity contribution is 5.48. The molecule has 1 saturated carbocycles. The minimum absolute atomic E-state index is 0.269. The first-order valence-corrected chi connectivity index (χ1v) is 7.00. The highest BCUT2D eigenvalue weighted by Gasteiger charge is 2.36. The second-order valence-electron chi connectivity index (χ2n) is 5.91. The molecule has 0 unspecified atom stereocenters. The van der Waals surface area contributed by atoms with Crippen molar-refractivity contribution in [1.29, 1.82) is 5.26 Å². The van der Waals surface area contributed by atoms with Crippen LogP contribution in [0.25, 0.3) is 0 Å². The maximum atomic E-state index is 13.2. The molecular weight excluding hydrogens is 239 g/mol. The lowest BCUT2D eigenvalue weighted by Crippen LogP contribution is -2.41. The number of hydrogen-bond acceptors (Lipinski definition) is 2. The summed E-state index contributed by atoms with van der Waals surface area (Å²) in [6.45, 7) is 4.48. The number of halogens is 1. The van der Waals surface area contributed by atoms with Crippen LogP contribution >= 0.6 is 0 Å². The number of benzene rings is 1. The van der Waals surface area contributed by atoms with Crippen molar-refractivity contribution in [2.45, 2.75) is 45.1 Å². The SMILES string of the molecule is CC(C)C1CCC(C#N)(Nc2cccc(F)c2)CC1. The zero-order valence-corrected chi connectivity index (χ0v) is 11.6. The maximum Gasteiger partial charge on any atom is 0.125 e. The van der Waals surface area contributed by atoms with E-state index in [4.69, 9.17) is 0 Å². The topological polar surface area (TPSA) is 35.8 Å². The average Bonchev–Trinajstić information content (AvgIpc) is 2.39. The van der Waals surface area contributed by atoms with Crippen LogP contribution in [0.2, 0.25) is 0 Å². The number of nitrogens with zero attached hydrogens (tertiary/aromatic N) is 1. The molecule has 1 N–H and O–H groups in total. The number of hydrogen-bond donors (Lipinski definition) is 1. The molecule has 0 amide bonds. The summed E-state index contributed by atoms with van der Waals surface area (Å²) in [5, 5.41) is 12.7. The first-order valence-electron chi connectivity index (χ1n) is 7.00. The van der Waals surface area contributed by atoms with Gasteiger partial charge in [-0.25, -0.2) is 4.39 Å². The van der Waals surface area contributed by atoms with E-state index in [1.165, 1.54) is 12.1 Å². The van der Waals surface area contributed by atoms with E-state index in [-0.39, 0.29) is 5.82 Å². The first-order chi connectivity index (χ1) is 9.04. The molecule has 0 aliphatic heterocycles. The second-order valence-corrected chi connectivity index (χ2v) is 5.91. The van der Waals surface area contributed by atoms with E-state index in [0.717, 1.165) is 25.7 Å². The van der Waals surface area contributed by atoms with Gasteiger partial charge >= 0.3 is 0 Å². The summed E-state index contributed by atoms with van der Waals surface area (Å²) in [6, 6.07) is 8.77. The number of nitriles is 1. The van der Waals surface area contributed by atoms with Crippen molar-refractivity contribution >= 4 is 5.69 Å². The Morgan fingerprint density at radius 3 is 2.58 bits per heavy atom. The molecule has 2 rings (SSSR count). The first kappa shape index (κ1) is 13.9. The Labute approximate surface area is 114 Å². The fraction of sp³-hybridized carbons (Fsp3) is 0.562. The van der Waals surface area contributed by atoms with E-state index < -0.39 is 5.54 Å². The summed E-state index contributed by atoms with van der Waals surface area (Å²) < 4.78 is 13.2. The molecule has 0 aromatic heterocycles. The normalized spacial score (nSPS) is 27.0. The quantitative estimate of drug-likeness (QED) is 0.877. The second kappa shape index (κ2) is 5.61. The summed E-state index contributed by atoms with van der Waals surface area (Å²) >= 11 is 0. The molecule has 0 atom stereocenters. The monoisotopic (exact) mass is 260 g/mol. The van der Waals surface area contributed by atoms with E-state index in [1.54, 1.807) is 6.07 Å². The fourth-order valence-corrected chi connectivity index (χ4v) is 2.91. The summed E-state index contributed by atoms with van der Waals surface area (Å²) in [7, 11) is 0. The van der Waals surface area contributed by atoms with Gasteiger partial charge in [0.2, 0.25) is 0 Å². The molecular formula is C16H21FN2. The molecule has 1 aromatic rings. The van der Waals surface area contributed by atoms with Crippen LogP contribution < -0.4 is 5.32 Å². The summed E-state index contributed by atoms with van der Waals surface area (Å²) in [4.78, 5) is 0. The van der Waals surface area contributed by atoms with Gasteiger partial charge in [-0.3, -0.25) is 0 Å². The van der Waals surface area contributed by atoms with Crippen LogP contribution in [-0.2, 0) is 0 Å². The Bertz CT molecular complexity index is 468. The largest absolute Gasteiger partial charge is 0.367 e. The lowest BCUT2D eigenvalue weighted by atomic mass is 9.73. The van der Waals surface area contributed by atoms with Crippen molar-refractivity contribution in [3.8, 4) is 6.07 Å². The molecule has 102 valence electrons. The Morgan fingerprint density at radius 2 is 2.05 bits per heavy atom. The van der Waals surface area contributed by atoms with Gasteiger partial charge in [0.1, 0.15) is 11.4 Å². The van der Waals surface area contributed by atoms with Crippen LogP contribution in [0, 0.1) is 29.0 Å². The maximum absolute atomic E-state index is 13.2. The summed E-state index contributed by atoms with van der Waals surface area (Å²) in [6.07, 6.45) is 3.80. The van der Waals surface area contributed by atoms with E-state index in [1.807, 2.05) is 6.07 Å². The van der Waals surface area contributed by atoms with Gasteiger partial charge in [-0.05, 0) is 55.7 Å². The van der Waals surface area contributed by atoms with Crippen molar-refractivity contribution in [3.63, 3.8) is 0 Å². The van der Waals surface area contributed by atoms with E-state index >= 15 is 0 Å². The van der Waals surface area contributed by atoms with Crippen molar-refractivity contribution in [1.82, 2.24) is 0 Å². The molecule has 0 radical (unpaired) electrons. The van der Waals surface area contributed by atoms with E-state index in [9.17, 15) is 9.65 Å². The van der Waals surface area contributed by atoms with Crippen molar-refractivity contribution in [2.24, 2.45) is 11.8 Å². The molecule has 19 heavy (non-hydrogen) atoms. The van der Waals surface area contributed by atoms with Gasteiger partial charge in [0, 0.05) is 5.69 Å². The third kappa shape index (κ3) is 3.26. The standard InChI is InChI=1S/C16H21FN2/c1-12(2)13-6-8-16(11-18,9-7-13)19-15-5-3-4-14(17)10-15/h3-5,10,12-13,19H,6-9H2,1-2H3. The van der Waals surface area contributed by atoms with Gasteiger partial charge in [-0.15, -0.1) is 0 Å². The highest BCUT2D eigenvalue weighted by Crippen LogP contribution is 2.37. The lowest BCUT2D eigenvalue weighted by molar-refractivity contribution is 0.239. The number of nitrogens with one attached hydrogen (secondary N) is 1. The van der Waals surface area contributed by atoms with Crippen molar-refractivity contribution in [3.05, 3.63) is 30.1 Å². The molecule has 1 aromatic carbocycles. The molecule has 0 heterocycles. The van der Waals surface area contributed by atoms with Crippen molar-refractivity contribution in [2.75, 3.05) is 5.32 Å². The fourth-order valence-electron chi connectivity index (χ4n) is 2.91. The number of anilines is 1. The molecule has 0 spiro atoms. The molecule has 0 saturated heterocycles. The van der Waals surface area contributed by atoms with E-state index in [2.05, 4.69) is 25.2 Å². The lowest BCUT2D eigenvalue weighted by Gasteiger charge is -2.37. The smallest absolute Gasteiger partial charge is 0.125 e. The van der Waals surface area contributed by atoms with Crippen LogP contribution in [0.4, 0.5) is 10.1 Å². The third-order valence-electron chi connectivity index (χ3n) is 4.25. The van der Waals surface area contributed by atoms with Crippen LogP contribution in [0.5, 0.6) is 0 Å². The predicted molar refractivity (Wildman–Crippen MR) is 75.2 cm³/mol.